The molecule has 5 nitrogen and oxygen atoms in total. The number of hydrogen-bond acceptors (Lipinski definition) is 4. The molecule has 0 bridgehead atoms. The van der Waals surface area contributed by atoms with Crippen LogP contribution in [0.1, 0.15) is 11.6 Å². The number of nitrogens with one attached hydrogen (secondary N) is 2. The average Bonchev–Trinajstić information content (AvgIpc) is 2.70. The molecule has 0 radical (unpaired) electrons. The van der Waals surface area contributed by atoms with Crippen molar-refractivity contribution in [3.05, 3.63) is 35.6 Å². The molecule has 0 saturated carbocycles. The van der Waals surface area contributed by atoms with Crippen molar-refractivity contribution >= 4 is 5.91 Å². The number of benzene rings is 1. The molecule has 0 aliphatic carbocycles. The Morgan fingerprint density at radius 3 is 2.40 bits per heavy atom. The Morgan fingerprint density at radius 2 is 1.80 bits per heavy atom. The number of halogens is 1. The molecular formula is C14H17FN2O3. The molecule has 2 heterocycles. The van der Waals surface area contributed by atoms with Crippen LogP contribution in [-0.4, -0.2) is 44.4 Å². The summed E-state index contributed by atoms with van der Waals surface area (Å²) in [5.41, 5.74) is 0.0603. The molecule has 1 aromatic carbocycles. The Morgan fingerprint density at radius 1 is 1.15 bits per heavy atom. The SMILES string of the molecule is O=C1NC(c2ccc(F)cc2)CNC12COCCOC2. The molecule has 1 unspecified atom stereocenters. The summed E-state index contributed by atoms with van der Waals surface area (Å²) >= 11 is 0. The summed E-state index contributed by atoms with van der Waals surface area (Å²) in [6, 6.07) is 5.98. The molecule has 20 heavy (non-hydrogen) atoms. The highest BCUT2D eigenvalue weighted by Crippen LogP contribution is 2.21. The third kappa shape index (κ3) is 2.54. The number of rotatable bonds is 1. The molecule has 1 aromatic rings. The van der Waals surface area contributed by atoms with Gasteiger partial charge in [-0.1, -0.05) is 12.1 Å². The highest BCUT2D eigenvalue weighted by molar-refractivity contribution is 5.88. The largest absolute Gasteiger partial charge is 0.376 e. The first-order valence-corrected chi connectivity index (χ1v) is 6.67. The minimum Gasteiger partial charge on any atom is -0.376 e. The molecule has 2 N–H and O–H groups in total. The Balaban J connectivity index is 1.73. The van der Waals surface area contributed by atoms with E-state index >= 15 is 0 Å². The Bertz CT molecular complexity index is 484. The summed E-state index contributed by atoms with van der Waals surface area (Å²) in [6.45, 7) is 2.16. The maximum atomic E-state index is 12.9. The van der Waals surface area contributed by atoms with Crippen LogP contribution in [0.2, 0.25) is 0 Å². The van der Waals surface area contributed by atoms with Gasteiger partial charge in [0.1, 0.15) is 11.4 Å². The summed E-state index contributed by atoms with van der Waals surface area (Å²) in [5, 5.41) is 6.19. The van der Waals surface area contributed by atoms with E-state index in [0.717, 1.165) is 5.56 Å². The lowest BCUT2D eigenvalue weighted by Crippen LogP contribution is -2.68. The second kappa shape index (κ2) is 5.47. The number of ether oxygens (including phenoxy) is 2. The first-order chi connectivity index (χ1) is 9.70. The molecule has 1 atom stereocenters. The molecule has 2 aliphatic heterocycles. The molecular weight excluding hydrogens is 263 g/mol. The van der Waals surface area contributed by atoms with Crippen molar-refractivity contribution in [2.24, 2.45) is 0 Å². The number of amides is 1. The number of hydrogen-bond donors (Lipinski definition) is 2. The van der Waals surface area contributed by atoms with Gasteiger partial charge in [-0.3, -0.25) is 10.1 Å². The van der Waals surface area contributed by atoms with E-state index in [1.807, 2.05) is 0 Å². The quantitative estimate of drug-likeness (QED) is 0.780. The van der Waals surface area contributed by atoms with E-state index in [0.29, 0.717) is 33.0 Å². The summed E-state index contributed by atoms with van der Waals surface area (Å²) in [6.07, 6.45) is 0. The Hall–Kier alpha value is -1.50. The van der Waals surface area contributed by atoms with E-state index in [9.17, 15) is 9.18 Å². The molecule has 3 rings (SSSR count). The zero-order valence-corrected chi connectivity index (χ0v) is 11.0. The minimum absolute atomic E-state index is 0.139. The normalized spacial score (nSPS) is 26.1. The van der Waals surface area contributed by atoms with Gasteiger partial charge in [0.25, 0.3) is 0 Å². The van der Waals surface area contributed by atoms with Crippen molar-refractivity contribution in [3.63, 3.8) is 0 Å². The van der Waals surface area contributed by atoms with Crippen LogP contribution in [0.5, 0.6) is 0 Å². The van der Waals surface area contributed by atoms with E-state index in [2.05, 4.69) is 10.6 Å². The predicted octanol–water partition coefficient (Wildman–Crippen LogP) is 0.372. The van der Waals surface area contributed by atoms with Crippen LogP contribution in [0.15, 0.2) is 24.3 Å². The van der Waals surface area contributed by atoms with Crippen molar-refractivity contribution in [1.29, 1.82) is 0 Å². The lowest BCUT2D eigenvalue weighted by Gasteiger charge is -2.39. The van der Waals surface area contributed by atoms with Gasteiger partial charge in [-0.15, -0.1) is 0 Å². The van der Waals surface area contributed by atoms with Crippen molar-refractivity contribution in [3.8, 4) is 0 Å². The van der Waals surface area contributed by atoms with Gasteiger partial charge in [-0.2, -0.15) is 0 Å². The van der Waals surface area contributed by atoms with Crippen molar-refractivity contribution in [2.75, 3.05) is 33.0 Å². The number of carbonyl (C=O) groups excluding carboxylic acids is 1. The van der Waals surface area contributed by atoms with E-state index in [1.165, 1.54) is 12.1 Å². The fourth-order valence-corrected chi connectivity index (χ4v) is 2.51. The topological polar surface area (TPSA) is 59.6 Å². The highest BCUT2D eigenvalue weighted by atomic mass is 19.1. The fourth-order valence-electron chi connectivity index (χ4n) is 2.51. The Labute approximate surface area is 116 Å². The van der Waals surface area contributed by atoms with E-state index in [-0.39, 0.29) is 17.8 Å². The lowest BCUT2D eigenvalue weighted by atomic mass is 9.94. The first-order valence-electron chi connectivity index (χ1n) is 6.67. The zero-order valence-electron chi connectivity index (χ0n) is 11.0. The van der Waals surface area contributed by atoms with Gasteiger partial charge in [0.15, 0.2) is 0 Å². The summed E-state index contributed by atoms with van der Waals surface area (Å²) in [4.78, 5) is 12.4. The van der Waals surface area contributed by atoms with Crippen molar-refractivity contribution in [2.45, 2.75) is 11.6 Å². The summed E-state index contributed by atoms with van der Waals surface area (Å²) in [5.74, 6) is -0.425. The highest BCUT2D eigenvalue weighted by Gasteiger charge is 2.44. The monoisotopic (exact) mass is 280 g/mol. The van der Waals surface area contributed by atoms with Crippen LogP contribution in [0, 0.1) is 5.82 Å². The molecule has 0 aromatic heterocycles. The standard InChI is InChI=1S/C14H17FN2O3/c15-11-3-1-10(2-4-11)12-7-16-14(13(18)17-12)8-19-5-6-20-9-14/h1-4,12,16H,5-9H2,(H,17,18). The molecule has 2 saturated heterocycles. The third-order valence-electron chi connectivity index (χ3n) is 3.73. The van der Waals surface area contributed by atoms with Crippen LogP contribution >= 0.6 is 0 Å². The molecule has 2 fully saturated rings. The minimum atomic E-state index is -0.812. The first kappa shape index (κ1) is 13.5. The van der Waals surface area contributed by atoms with Crippen LogP contribution < -0.4 is 10.6 Å². The fraction of sp³-hybridized carbons (Fsp3) is 0.500. The number of piperazine rings is 1. The van der Waals surface area contributed by atoms with Gasteiger partial charge >= 0.3 is 0 Å². The molecule has 1 spiro atoms. The third-order valence-corrected chi connectivity index (χ3v) is 3.73. The maximum Gasteiger partial charge on any atom is 0.245 e. The van der Waals surface area contributed by atoms with E-state index in [1.54, 1.807) is 12.1 Å². The number of carbonyl (C=O) groups is 1. The Kier molecular flexibility index (Phi) is 3.69. The molecule has 6 heteroatoms. The predicted molar refractivity (Wildman–Crippen MR) is 69.7 cm³/mol. The lowest BCUT2D eigenvalue weighted by molar-refractivity contribution is -0.134. The van der Waals surface area contributed by atoms with Crippen LogP contribution in [-0.2, 0) is 14.3 Å². The smallest absolute Gasteiger partial charge is 0.245 e. The molecule has 1 amide bonds. The zero-order chi connectivity index (χ0) is 14.0. The van der Waals surface area contributed by atoms with Crippen molar-refractivity contribution in [1.82, 2.24) is 10.6 Å². The van der Waals surface area contributed by atoms with Crippen molar-refractivity contribution < 1.29 is 18.7 Å². The summed E-state index contributed by atoms with van der Waals surface area (Å²) in [7, 11) is 0. The van der Waals surface area contributed by atoms with Crippen LogP contribution in [0.4, 0.5) is 4.39 Å². The molecule has 108 valence electrons. The average molecular weight is 280 g/mol. The van der Waals surface area contributed by atoms with Gasteiger partial charge in [-0.05, 0) is 17.7 Å². The van der Waals surface area contributed by atoms with Crippen LogP contribution in [0.25, 0.3) is 0 Å². The van der Waals surface area contributed by atoms with E-state index in [4.69, 9.17) is 9.47 Å². The second-order valence-corrected chi connectivity index (χ2v) is 5.15. The van der Waals surface area contributed by atoms with Gasteiger partial charge < -0.3 is 14.8 Å². The summed E-state index contributed by atoms with van der Waals surface area (Å²) < 4.78 is 23.8. The molecule has 2 aliphatic rings. The second-order valence-electron chi connectivity index (χ2n) is 5.15. The van der Waals surface area contributed by atoms with Crippen LogP contribution in [0.3, 0.4) is 0 Å². The van der Waals surface area contributed by atoms with Gasteiger partial charge in [0.05, 0.1) is 32.5 Å². The van der Waals surface area contributed by atoms with E-state index < -0.39 is 5.54 Å². The maximum absolute atomic E-state index is 12.9. The van der Waals surface area contributed by atoms with Gasteiger partial charge in [0.2, 0.25) is 5.91 Å². The van der Waals surface area contributed by atoms with Gasteiger partial charge in [-0.25, -0.2) is 4.39 Å². The van der Waals surface area contributed by atoms with Gasteiger partial charge in [0, 0.05) is 6.54 Å².